The van der Waals surface area contributed by atoms with E-state index >= 15 is 0 Å². The van der Waals surface area contributed by atoms with Gasteiger partial charge in [-0.05, 0) is 0 Å². The zero-order chi connectivity index (χ0) is 12.5. The van der Waals surface area contributed by atoms with Gasteiger partial charge < -0.3 is 0 Å². The van der Waals surface area contributed by atoms with Crippen LogP contribution in [0.1, 0.15) is 0 Å². The monoisotopic (exact) mass is 263 g/mol. The molecule has 0 aliphatic heterocycles. The molecule has 10 heteroatoms. The van der Waals surface area contributed by atoms with Gasteiger partial charge >= 0.3 is 17.1 Å². The second-order valence-corrected chi connectivity index (χ2v) is 3.29. The van der Waals surface area contributed by atoms with E-state index in [0.717, 1.165) is 0 Å². The second-order valence-electron chi connectivity index (χ2n) is 2.50. The summed E-state index contributed by atoms with van der Waals surface area (Å²) in [4.78, 5) is 21.7. The van der Waals surface area contributed by atoms with Crippen LogP contribution in [0.4, 0.5) is 17.1 Å². The Kier molecular flexibility index (Phi) is 3.22. The zero-order valence-electron chi connectivity index (χ0n) is 7.26. The van der Waals surface area contributed by atoms with E-state index in [4.69, 9.17) is 28.6 Å². The van der Waals surface area contributed by atoms with Gasteiger partial charge in [0, 0.05) is 0 Å². The molecule has 8 nitrogen and oxygen atoms in total. The van der Waals surface area contributed by atoms with Crippen LogP contribution < -0.4 is 0 Å². The van der Waals surface area contributed by atoms with Gasteiger partial charge in [-0.1, -0.05) is 23.2 Å². The number of benzene rings is 1. The minimum absolute atomic E-state index is 0.357. The third kappa shape index (κ3) is 1.86. The maximum atomic E-state index is 10.6. The fourth-order valence-electron chi connectivity index (χ4n) is 0.991. The van der Waals surface area contributed by atoms with Crippen LogP contribution >= 0.6 is 23.2 Å². The van der Waals surface area contributed by atoms with E-state index in [-0.39, 0.29) is 5.02 Å². The van der Waals surface area contributed by atoms with E-state index in [2.05, 4.69) is 4.98 Å². The van der Waals surface area contributed by atoms with Crippen LogP contribution in [0.2, 0.25) is 10.0 Å². The fourth-order valence-corrected chi connectivity index (χ4v) is 1.58. The molecule has 16 heavy (non-hydrogen) atoms. The average Bonchev–Trinajstić information content (AvgIpc) is 2.16. The summed E-state index contributed by atoms with van der Waals surface area (Å²) in [5.41, 5.74) is -2.32. The molecule has 0 saturated carbocycles. The van der Waals surface area contributed by atoms with Crippen molar-refractivity contribution in [3.05, 3.63) is 41.3 Å². The Labute approximate surface area is 97.3 Å². The number of nitro benzene ring substituents is 2. The molecule has 1 aromatic rings. The van der Waals surface area contributed by atoms with Crippen LogP contribution in [0.3, 0.4) is 0 Å². The van der Waals surface area contributed by atoms with Crippen molar-refractivity contribution in [2.75, 3.05) is 0 Å². The first-order chi connectivity index (χ1) is 7.40. The SMILES string of the molecule is N#[N+]c1c(Cl)cc([N+](=O)[O-])c([N+](=O)[O-])c1Cl. The van der Waals surface area contributed by atoms with Crippen LogP contribution in [-0.2, 0) is 0 Å². The molecule has 0 aromatic heterocycles. The number of hydrogen-bond donors (Lipinski definition) is 0. The minimum atomic E-state index is -1.05. The Balaban J connectivity index is 3.74. The molecule has 82 valence electrons. The normalized spacial score (nSPS) is 9.56. The molecular formula is C6HCl2N4O4+. The summed E-state index contributed by atoms with van der Waals surface area (Å²) in [5.74, 6) is 0. The fraction of sp³-hybridized carbons (Fsp3) is 0. The number of hydrogen-bond acceptors (Lipinski definition) is 5. The lowest BCUT2D eigenvalue weighted by atomic mass is 10.2. The van der Waals surface area contributed by atoms with Crippen molar-refractivity contribution in [1.29, 1.82) is 5.39 Å². The number of nitro groups is 2. The van der Waals surface area contributed by atoms with Gasteiger partial charge in [0.2, 0.25) is 10.4 Å². The van der Waals surface area contributed by atoms with Crippen LogP contribution in [0.15, 0.2) is 6.07 Å². The Hall–Kier alpha value is -1.98. The maximum Gasteiger partial charge on any atom is 0.429 e. The highest BCUT2D eigenvalue weighted by Crippen LogP contribution is 2.45. The average molecular weight is 264 g/mol. The molecule has 0 saturated heterocycles. The maximum absolute atomic E-state index is 10.6. The lowest BCUT2D eigenvalue weighted by Gasteiger charge is -1.95. The number of nitrogens with zero attached hydrogens (tertiary/aromatic N) is 4. The highest BCUT2D eigenvalue weighted by Gasteiger charge is 2.37. The van der Waals surface area contributed by atoms with Crippen molar-refractivity contribution in [3.63, 3.8) is 0 Å². The van der Waals surface area contributed by atoms with Gasteiger partial charge in [0.15, 0.2) is 4.98 Å². The third-order valence-electron chi connectivity index (χ3n) is 1.63. The molecule has 1 rings (SSSR count). The van der Waals surface area contributed by atoms with Crippen LogP contribution in [0.5, 0.6) is 0 Å². The molecule has 0 bridgehead atoms. The summed E-state index contributed by atoms with van der Waals surface area (Å²) in [5, 5.41) is 28.6. The molecule has 0 heterocycles. The van der Waals surface area contributed by atoms with Gasteiger partial charge in [-0.25, -0.2) is 0 Å². The third-order valence-corrected chi connectivity index (χ3v) is 2.27. The van der Waals surface area contributed by atoms with Crippen molar-refractivity contribution in [2.45, 2.75) is 0 Å². The Bertz CT molecular complexity index is 538. The molecule has 0 unspecified atom stereocenters. The second kappa shape index (κ2) is 4.26. The topological polar surface area (TPSA) is 114 Å². The lowest BCUT2D eigenvalue weighted by molar-refractivity contribution is -0.422. The van der Waals surface area contributed by atoms with Gasteiger partial charge in [0.05, 0.1) is 15.9 Å². The lowest BCUT2D eigenvalue weighted by Crippen LogP contribution is -1.97. The predicted octanol–water partition coefficient (Wildman–Crippen LogP) is 3.29. The van der Waals surface area contributed by atoms with Gasteiger partial charge in [-0.3, -0.25) is 20.2 Å². The van der Waals surface area contributed by atoms with E-state index in [1.807, 2.05) is 0 Å². The Morgan fingerprint density at radius 3 is 2.19 bits per heavy atom. The Morgan fingerprint density at radius 2 is 1.81 bits per heavy atom. The number of diazo groups is 1. The van der Waals surface area contributed by atoms with E-state index in [9.17, 15) is 20.2 Å². The Morgan fingerprint density at radius 1 is 1.25 bits per heavy atom. The molecule has 0 aliphatic carbocycles. The first-order valence-electron chi connectivity index (χ1n) is 3.56. The molecule has 0 N–H and O–H groups in total. The van der Waals surface area contributed by atoms with Crippen molar-refractivity contribution in [1.82, 2.24) is 0 Å². The summed E-state index contributed by atoms with van der Waals surface area (Å²) < 4.78 is 0. The summed E-state index contributed by atoms with van der Waals surface area (Å²) in [6.45, 7) is 0. The van der Waals surface area contributed by atoms with E-state index in [1.54, 1.807) is 0 Å². The molecule has 0 radical (unpaired) electrons. The molecule has 0 amide bonds. The zero-order valence-corrected chi connectivity index (χ0v) is 8.77. The highest BCUT2D eigenvalue weighted by molar-refractivity contribution is 6.41. The van der Waals surface area contributed by atoms with Crippen LogP contribution in [0, 0.1) is 25.6 Å². The highest BCUT2D eigenvalue weighted by atomic mass is 35.5. The van der Waals surface area contributed by atoms with Crippen molar-refractivity contribution in [2.24, 2.45) is 0 Å². The number of halogens is 2. The predicted molar refractivity (Wildman–Crippen MR) is 54.5 cm³/mol. The van der Waals surface area contributed by atoms with Crippen LogP contribution in [-0.4, -0.2) is 9.85 Å². The first kappa shape index (κ1) is 12.1. The summed E-state index contributed by atoms with van der Waals surface area (Å²) in [7, 11) is 0. The molecule has 1 aromatic carbocycles. The minimum Gasteiger partial charge on any atom is -0.258 e. The van der Waals surface area contributed by atoms with Crippen LogP contribution in [0.25, 0.3) is 4.98 Å². The quantitative estimate of drug-likeness (QED) is 0.461. The van der Waals surface area contributed by atoms with Gasteiger partial charge in [-0.2, -0.15) is 0 Å². The van der Waals surface area contributed by atoms with Crippen molar-refractivity contribution < 1.29 is 9.85 Å². The first-order valence-corrected chi connectivity index (χ1v) is 4.31. The number of rotatable bonds is 2. The van der Waals surface area contributed by atoms with Gasteiger partial charge in [-0.15, -0.1) is 0 Å². The van der Waals surface area contributed by atoms with E-state index in [0.29, 0.717) is 6.07 Å². The largest absolute Gasteiger partial charge is 0.429 e. The molecular weight excluding hydrogens is 263 g/mol. The standard InChI is InChI=1S/C6HCl2N4O4/c7-2-1-3(11(13)14)6(12(15)16)4(8)5(2)10-9/h1H/q+1. The molecule has 0 atom stereocenters. The molecule has 0 spiro atoms. The van der Waals surface area contributed by atoms with E-state index in [1.165, 1.54) is 0 Å². The summed E-state index contributed by atoms with van der Waals surface area (Å²) >= 11 is 11.0. The van der Waals surface area contributed by atoms with Gasteiger partial charge in [0.1, 0.15) is 5.02 Å². The molecule has 0 aliphatic rings. The summed E-state index contributed by atoms with van der Waals surface area (Å²) in [6, 6.07) is 0.695. The smallest absolute Gasteiger partial charge is 0.258 e. The van der Waals surface area contributed by atoms with E-state index < -0.39 is 31.9 Å². The molecule has 0 fully saturated rings. The van der Waals surface area contributed by atoms with Crippen molar-refractivity contribution >= 4 is 40.3 Å². The summed E-state index contributed by atoms with van der Waals surface area (Å²) in [6.07, 6.45) is 0. The van der Waals surface area contributed by atoms with Crippen molar-refractivity contribution in [3.8, 4) is 0 Å². The van der Waals surface area contributed by atoms with Gasteiger partial charge in [0.25, 0.3) is 0 Å².